The van der Waals surface area contributed by atoms with Gasteiger partial charge in [-0.1, -0.05) is 23.7 Å². The quantitative estimate of drug-likeness (QED) is 0.906. The van der Waals surface area contributed by atoms with Crippen molar-refractivity contribution in [3.63, 3.8) is 0 Å². The first-order valence-corrected chi connectivity index (χ1v) is 6.86. The molecule has 3 N–H and O–H groups in total. The van der Waals surface area contributed by atoms with E-state index < -0.39 is 0 Å². The second kappa shape index (κ2) is 5.06. The van der Waals surface area contributed by atoms with E-state index in [0.717, 1.165) is 6.54 Å². The summed E-state index contributed by atoms with van der Waals surface area (Å²) in [5.41, 5.74) is 7.05. The lowest BCUT2D eigenvalue weighted by Gasteiger charge is -2.05. The number of benzene rings is 1. The van der Waals surface area contributed by atoms with Crippen LogP contribution in [0.3, 0.4) is 0 Å². The molecule has 0 amide bonds. The predicted molar refractivity (Wildman–Crippen MR) is 78.9 cm³/mol. The fourth-order valence-electron chi connectivity index (χ4n) is 2.04. The largest absolute Gasteiger partial charge is 0.382 e. The lowest BCUT2D eigenvalue weighted by Crippen LogP contribution is -2.05. The van der Waals surface area contributed by atoms with Crippen LogP contribution in [-0.2, 0) is 0 Å². The highest BCUT2D eigenvalue weighted by atomic mass is 35.5. The highest BCUT2D eigenvalue weighted by Gasteiger charge is 2.23. The third-order valence-electron chi connectivity index (χ3n) is 3.37. The van der Waals surface area contributed by atoms with Crippen LogP contribution in [0.15, 0.2) is 24.3 Å². The Balaban J connectivity index is 1.99. The Bertz CT molecular complexity index is 681. The second-order valence-corrected chi connectivity index (χ2v) is 5.32. The fourth-order valence-corrected chi connectivity index (χ4v) is 2.25. The van der Waals surface area contributed by atoms with Crippen LogP contribution in [-0.4, -0.2) is 16.3 Å². The van der Waals surface area contributed by atoms with Crippen LogP contribution in [0.4, 0.5) is 11.6 Å². The Kier molecular flexibility index (Phi) is 3.25. The number of nitrogens with two attached hydrogens (primary N) is 1. The van der Waals surface area contributed by atoms with Crippen molar-refractivity contribution in [1.29, 1.82) is 5.26 Å². The molecule has 0 atom stereocenters. The number of hydrogen-bond donors (Lipinski definition) is 2. The van der Waals surface area contributed by atoms with Crippen molar-refractivity contribution in [3.8, 4) is 11.8 Å². The third kappa shape index (κ3) is 2.30. The van der Waals surface area contributed by atoms with E-state index in [0.29, 0.717) is 33.8 Å². The molecule has 3 rings (SSSR count). The first-order valence-electron chi connectivity index (χ1n) is 6.48. The van der Waals surface area contributed by atoms with Crippen LogP contribution >= 0.6 is 11.6 Å². The van der Waals surface area contributed by atoms with Gasteiger partial charge in [-0.05, 0) is 30.9 Å². The molecule has 0 unspecified atom stereocenters. The molecule has 1 aromatic carbocycles. The van der Waals surface area contributed by atoms with Gasteiger partial charge in [0, 0.05) is 6.54 Å². The average molecular weight is 288 g/mol. The number of rotatable bonds is 4. The maximum Gasteiger partial charge on any atom is 0.168 e. The van der Waals surface area contributed by atoms with Crippen LogP contribution in [0.2, 0.25) is 5.02 Å². The van der Waals surface area contributed by atoms with Gasteiger partial charge in [-0.25, -0.2) is 4.68 Å². The van der Waals surface area contributed by atoms with E-state index >= 15 is 0 Å². The predicted octanol–water partition coefficient (Wildman–Crippen LogP) is 2.80. The molecule has 0 bridgehead atoms. The van der Waals surface area contributed by atoms with E-state index in [9.17, 15) is 5.26 Å². The molecule has 1 fully saturated rings. The summed E-state index contributed by atoms with van der Waals surface area (Å²) in [6.07, 6.45) is 2.46. The number of aromatic nitrogens is 2. The highest BCUT2D eigenvalue weighted by Crippen LogP contribution is 2.31. The molecule has 1 saturated carbocycles. The maximum absolute atomic E-state index is 9.25. The van der Waals surface area contributed by atoms with Gasteiger partial charge < -0.3 is 11.1 Å². The molecular formula is C14H14ClN5. The smallest absolute Gasteiger partial charge is 0.168 e. The summed E-state index contributed by atoms with van der Waals surface area (Å²) in [4.78, 5) is 0. The molecule has 0 saturated heterocycles. The van der Waals surface area contributed by atoms with Crippen molar-refractivity contribution >= 4 is 23.2 Å². The molecule has 1 aliphatic rings. The molecule has 1 aliphatic carbocycles. The number of hydrogen-bond acceptors (Lipinski definition) is 4. The number of para-hydroxylation sites is 1. The summed E-state index contributed by atoms with van der Waals surface area (Å²) in [5, 5.41) is 17.4. The summed E-state index contributed by atoms with van der Waals surface area (Å²) in [7, 11) is 0. The summed E-state index contributed by atoms with van der Waals surface area (Å²) in [6.45, 7) is 0.827. The molecule has 1 aromatic heterocycles. The normalized spacial score (nSPS) is 14.0. The first-order chi connectivity index (χ1) is 9.70. The Morgan fingerprint density at radius 1 is 1.45 bits per heavy atom. The van der Waals surface area contributed by atoms with Crippen LogP contribution < -0.4 is 11.1 Å². The standard InChI is InChI=1S/C14H14ClN5/c15-11-3-1-2-4-12(11)20-13(17)10(7-16)14(19-20)18-8-9-5-6-9/h1-4,9H,5-6,8,17H2,(H,18,19). The molecule has 0 spiro atoms. The van der Waals surface area contributed by atoms with Crippen molar-refractivity contribution in [2.75, 3.05) is 17.6 Å². The zero-order valence-electron chi connectivity index (χ0n) is 10.8. The van der Waals surface area contributed by atoms with Gasteiger partial charge in [-0.2, -0.15) is 5.26 Å². The SMILES string of the molecule is N#Cc1c(NCC2CC2)nn(-c2ccccc2Cl)c1N. The molecule has 102 valence electrons. The Morgan fingerprint density at radius 2 is 2.20 bits per heavy atom. The van der Waals surface area contributed by atoms with Gasteiger partial charge in [-0.15, -0.1) is 5.10 Å². The van der Waals surface area contributed by atoms with E-state index in [1.165, 1.54) is 17.5 Å². The molecule has 1 heterocycles. The molecule has 5 nitrogen and oxygen atoms in total. The fraction of sp³-hybridized carbons (Fsp3) is 0.286. The topological polar surface area (TPSA) is 79.7 Å². The van der Waals surface area contributed by atoms with Crippen molar-refractivity contribution in [2.45, 2.75) is 12.8 Å². The molecule has 20 heavy (non-hydrogen) atoms. The molecule has 6 heteroatoms. The average Bonchev–Trinajstić information content (AvgIpc) is 3.22. The summed E-state index contributed by atoms with van der Waals surface area (Å²) in [6, 6.07) is 9.38. The maximum atomic E-state index is 9.25. The van der Waals surface area contributed by atoms with Gasteiger partial charge in [0.2, 0.25) is 0 Å². The van der Waals surface area contributed by atoms with Crippen molar-refractivity contribution in [1.82, 2.24) is 9.78 Å². The number of nitrogen functional groups attached to an aromatic ring is 1. The summed E-state index contributed by atoms with van der Waals surface area (Å²) in [5.74, 6) is 1.52. The Labute approximate surface area is 122 Å². The van der Waals surface area contributed by atoms with Gasteiger partial charge >= 0.3 is 0 Å². The summed E-state index contributed by atoms with van der Waals surface area (Å²) >= 11 is 6.15. The van der Waals surface area contributed by atoms with Crippen LogP contribution in [0, 0.1) is 17.2 Å². The van der Waals surface area contributed by atoms with E-state index in [-0.39, 0.29) is 0 Å². The zero-order valence-corrected chi connectivity index (χ0v) is 11.6. The number of nitrogens with zero attached hydrogens (tertiary/aromatic N) is 3. The number of anilines is 2. The van der Waals surface area contributed by atoms with Gasteiger partial charge in [0.05, 0.1) is 10.7 Å². The highest BCUT2D eigenvalue weighted by molar-refractivity contribution is 6.32. The third-order valence-corrected chi connectivity index (χ3v) is 3.69. The van der Waals surface area contributed by atoms with Crippen LogP contribution in [0.1, 0.15) is 18.4 Å². The minimum Gasteiger partial charge on any atom is -0.382 e. The van der Waals surface area contributed by atoms with E-state index in [2.05, 4.69) is 16.5 Å². The van der Waals surface area contributed by atoms with Gasteiger partial charge in [-0.3, -0.25) is 0 Å². The van der Waals surface area contributed by atoms with E-state index in [1.54, 1.807) is 6.07 Å². The van der Waals surface area contributed by atoms with Crippen molar-refractivity contribution in [3.05, 3.63) is 34.9 Å². The monoisotopic (exact) mass is 287 g/mol. The Morgan fingerprint density at radius 3 is 2.85 bits per heavy atom. The number of halogens is 1. The minimum atomic E-state index is 0.305. The molecule has 0 radical (unpaired) electrons. The van der Waals surface area contributed by atoms with E-state index in [4.69, 9.17) is 17.3 Å². The molecule has 0 aliphatic heterocycles. The lowest BCUT2D eigenvalue weighted by molar-refractivity contribution is 0.855. The van der Waals surface area contributed by atoms with Crippen molar-refractivity contribution in [2.24, 2.45) is 5.92 Å². The number of nitrogens with one attached hydrogen (secondary N) is 1. The van der Waals surface area contributed by atoms with Crippen LogP contribution in [0.25, 0.3) is 5.69 Å². The Hall–Kier alpha value is -2.19. The van der Waals surface area contributed by atoms with Crippen LogP contribution in [0.5, 0.6) is 0 Å². The van der Waals surface area contributed by atoms with Crippen molar-refractivity contribution < 1.29 is 0 Å². The second-order valence-electron chi connectivity index (χ2n) is 4.91. The van der Waals surface area contributed by atoms with E-state index in [1.807, 2.05) is 18.2 Å². The van der Waals surface area contributed by atoms with Gasteiger partial charge in [0.15, 0.2) is 5.82 Å². The van der Waals surface area contributed by atoms with Gasteiger partial charge in [0.1, 0.15) is 17.5 Å². The van der Waals surface area contributed by atoms with Gasteiger partial charge in [0.25, 0.3) is 0 Å². The first kappa shape index (κ1) is 12.8. The number of nitriles is 1. The minimum absolute atomic E-state index is 0.305. The lowest BCUT2D eigenvalue weighted by atomic mass is 10.3. The zero-order chi connectivity index (χ0) is 14.1. The molecular weight excluding hydrogens is 274 g/mol. The molecule has 2 aromatic rings. The summed E-state index contributed by atoms with van der Waals surface area (Å²) < 4.78 is 1.51.